The standard InChI is InChI=1S/C26H42O3.C25H38O2.C13H24O2S2.C13H24OS2.C9H18O2.C8H17NO2.C8H12O4/c1-16(2)17(3)12-11-14-26(10)15-13-21-20(6)22(28-24(27)25(7,8)9)18(4)19(5)23(21)29-26;1-5-6-7-8-9-10-11-12-13-14-15-16-17-18-19-20-21-22-23-24(26)27-25(2,3)4;1-12(2,3)15-11(14)7-5-6-8-13(4)9-10-16-17-13;1-12(2,3)11(14)7-5-6-8-13(4)9-10-15-16-13;1-9(2,3)7-5-4-6-8(10)11;1-8(2,3)11-7(10)5-4-6-9;1-8(2,3)12-7(11)5-4-6(9)10/h16-17H,11-15H2,1-10H3;6-7,9-10,12-13,15-16,18-19,21-22H,5,8,11,14,17,20,23H2,1-4H3;5-10H2,1-4H3;5-10H2,1-4H3;4-7H2,1-3H3,(H,10,11);4-6,9H2,1-3H3;4-5H,1-3H3,(H,9,10)/b;7-6-,10-9-,13-12-,16-15-,19-18-,22-21-;;;;;5-4+/t;;2*13-;;;/m..11.../s1. The third-order valence-electron chi connectivity index (χ3n) is 19.4. The van der Waals surface area contributed by atoms with Crippen LogP contribution in [0.25, 0.3) is 0 Å². The van der Waals surface area contributed by atoms with Gasteiger partial charge in [0, 0.05) is 69.8 Å². The molecule has 2 saturated heterocycles. The van der Waals surface area contributed by atoms with Gasteiger partial charge in [-0.3, -0.25) is 28.8 Å². The third-order valence-corrected chi connectivity index (χ3v) is 26.1. The van der Waals surface area contributed by atoms with Gasteiger partial charge in [0.1, 0.15) is 45.3 Å². The van der Waals surface area contributed by atoms with Gasteiger partial charge >= 0.3 is 41.8 Å². The average Bonchev–Trinajstić information content (AvgIpc) is 1.33. The lowest BCUT2D eigenvalue weighted by atomic mass is 9.83. The van der Waals surface area contributed by atoms with Crippen molar-refractivity contribution in [1.29, 1.82) is 0 Å². The number of benzene rings is 1. The predicted molar refractivity (Wildman–Crippen MR) is 525 cm³/mol. The molecule has 0 spiro atoms. The Hall–Kier alpha value is -5.48. The molecule has 2 fully saturated rings. The Bertz CT molecular complexity index is 3430. The molecule has 0 aromatic heterocycles. The molecule has 123 heavy (non-hydrogen) atoms. The normalized spacial score (nSPS) is 17.7. The second-order valence-corrected chi connectivity index (χ2v) is 46.8. The molecule has 4 atom stereocenters. The number of carboxylic acids is 2. The minimum absolute atomic E-state index is 0.0592. The molecular formula is C102H175NO16S4. The first-order chi connectivity index (χ1) is 56.5. The van der Waals surface area contributed by atoms with Crippen molar-refractivity contribution in [3.63, 3.8) is 0 Å². The number of carbonyl (C=O) groups excluding carboxylic acids is 6. The van der Waals surface area contributed by atoms with E-state index in [2.05, 4.69) is 144 Å². The van der Waals surface area contributed by atoms with E-state index in [1.165, 1.54) is 62.0 Å². The van der Waals surface area contributed by atoms with E-state index in [1.54, 1.807) is 20.8 Å². The van der Waals surface area contributed by atoms with Crippen LogP contribution in [0.4, 0.5) is 0 Å². The zero-order chi connectivity index (χ0) is 95.1. The van der Waals surface area contributed by atoms with Crippen LogP contribution in [0.15, 0.2) is 85.1 Å². The van der Waals surface area contributed by atoms with E-state index in [4.69, 9.17) is 44.4 Å². The van der Waals surface area contributed by atoms with E-state index in [0.717, 1.165) is 155 Å². The van der Waals surface area contributed by atoms with Crippen LogP contribution in [-0.2, 0) is 63.7 Å². The van der Waals surface area contributed by atoms with Crippen LogP contribution in [0.5, 0.6) is 11.5 Å². The number of esters is 5. The molecule has 0 amide bonds. The molecule has 0 aliphatic carbocycles. The highest BCUT2D eigenvalue weighted by Gasteiger charge is 2.37. The minimum Gasteiger partial charge on any atom is -0.487 e. The highest BCUT2D eigenvalue weighted by atomic mass is 33.1. The largest absolute Gasteiger partial charge is 0.487 e. The molecule has 0 bridgehead atoms. The number of aliphatic carboxylic acids is 2. The Morgan fingerprint density at radius 2 is 0.902 bits per heavy atom. The molecule has 21 heteroatoms. The maximum Gasteiger partial charge on any atom is 0.331 e. The number of carbonyl (C=O) groups is 8. The second-order valence-electron chi connectivity index (χ2n) is 40.8. The second kappa shape index (κ2) is 62.7. The van der Waals surface area contributed by atoms with E-state index in [1.807, 2.05) is 166 Å². The molecule has 4 N–H and O–H groups in total. The SMILES string of the molecule is CC(C)(C)C(=O)CCCC[C@]1(C)CCSS1.CC(C)(C)CCCCC(=O)O.CC(C)(C)OC(=O)/C=C/C(=O)O.CC(C)(C)OC(=O)CCCC[C@]1(C)CCSS1.CC(C)(C)OC(=O)CCCN.CC/C=C\C/C=C\C/C=C\C/C=C\C/C=C\C/C=C\CC(=O)OC(C)(C)C.Cc1c(C)c2c(c(C)c1OC(=O)C(C)(C)C)CCC(C)(CCCC(C)C(C)C)O2. The van der Waals surface area contributed by atoms with Gasteiger partial charge in [0.15, 0.2) is 0 Å². The van der Waals surface area contributed by atoms with Crippen molar-refractivity contribution in [2.75, 3.05) is 18.1 Å². The zero-order valence-corrected chi connectivity index (χ0v) is 86.2. The summed E-state index contributed by atoms with van der Waals surface area (Å²) in [6.07, 6.45) is 54.3. The number of fused-ring (bicyclic) bond motifs is 1. The summed E-state index contributed by atoms with van der Waals surface area (Å²) in [7, 11) is 8.03. The van der Waals surface area contributed by atoms with Crippen molar-refractivity contribution in [2.45, 2.75) is 432 Å². The fraction of sp³-hybridized carbons (Fsp3) is 0.725. The summed E-state index contributed by atoms with van der Waals surface area (Å²) in [4.78, 5) is 89.1. The molecule has 3 heterocycles. The van der Waals surface area contributed by atoms with Crippen LogP contribution in [-0.4, -0.2) is 113 Å². The van der Waals surface area contributed by atoms with Gasteiger partial charge in [-0.15, -0.1) is 0 Å². The highest BCUT2D eigenvalue weighted by molar-refractivity contribution is 8.78. The first kappa shape index (κ1) is 122. The third kappa shape index (κ3) is 70.2. The monoisotopic (exact) mass is 1800 g/mol. The molecule has 4 rings (SSSR count). The van der Waals surface area contributed by atoms with Gasteiger partial charge in [-0.2, -0.15) is 0 Å². The Kier molecular flexibility index (Phi) is 62.0. The number of carboxylic acid groups (broad SMARTS) is 2. The number of allylic oxidation sites excluding steroid dienone is 11. The molecule has 17 nitrogen and oxygen atoms in total. The average molecular weight is 1800 g/mol. The smallest absolute Gasteiger partial charge is 0.331 e. The van der Waals surface area contributed by atoms with Gasteiger partial charge < -0.3 is 44.4 Å². The number of unbranched alkanes of at least 4 members (excludes halogenated alkanes) is 3. The van der Waals surface area contributed by atoms with E-state index in [0.29, 0.717) is 59.3 Å². The van der Waals surface area contributed by atoms with Crippen molar-refractivity contribution in [3.8, 4) is 11.5 Å². The van der Waals surface area contributed by atoms with Gasteiger partial charge in [-0.05, 0) is 308 Å². The molecule has 3 aliphatic heterocycles. The van der Waals surface area contributed by atoms with Crippen LogP contribution >= 0.6 is 43.2 Å². The fourth-order valence-corrected chi connectivity index (χ4v) is 18.3. The maximum atomic E-state index is 12.5. The zero-order valence-electron chi connectivity index (χ0n) is 83.0. The molecule has 1 aromatic carbocycles. The van der Waals surface area contributed by atoms with Crippen molar-refractivity contribution in [1.82, 2.24) is 0 Å². The number of rotatable bonds is 38. The van der Waals surface area contributed by atoms with Crippen LogP contribution in [0.2, 0.25) is 0 Å². The van der Waals surface area contributed by atoms with Gasteiger partial charge in [-0.25, -0.2) is 9.59 Å². The summed E-state index contributed by atoms with van der Waals surface area (Å²) in [5, 5.41) is 16.5. The molecule has 3 aliphatic rings. The number of hydrogen-bond acceptors (Lipinski definition) is 19. The number of ketones is 1. The summed E-state index contributed by atoms with van der Waals surface area (Å²) in [6.45, 7) is 63.1. The van der Waals surface area contributed by atoms with Gasteiger partial charge in [-0.1, -0.05) is 211 Å². The Balaban J connectivity index is -0.00000141. The number of ether oxygens (including phenoxy) is 6. The molecule has 1 aromatic rings. The Labute approximate surface area is 765 Å². The van der Waals surface area contributed by atoms with Gasteiger partial charge in [0.25, 0.3) is 0 Å². The van der Waals surface area contributed by atoms with E-state index in [9.17, 15) is 38.4 Å². The first-order valence-electron chi connectivity index (χ1n) is 45.3. The van der Waals surface area contributed by atoms with Crippen molar-refractivity contribution >= 4 is 90.7 Å². The summed E-state index contributed by atoms with van der Waals surface area (Å²) in [5.41, 5.74) is 7.45. The van der Waals surface area contributed by atoms with Crippen molar-refractivity contribution in [2.24, 2.45) is 33.8 Å². The lowest BCUT2D eigenvalue weighted by Crippen LogP contribution is -2.37. The van der Waals surface area contributed by atoms with Crippen LogP contribution in [0.3, 0.4) is 0 Å². The summed E-state index contributed by atoms with van der Waals surface area (Å²) < 4.78 is 33.8. The van der Waals surface area contributed by atoms with Gasteiger partial charge in [0.2, 0.25) is 0 Å². The number of nitrogens with two attached hydrogens (primary N) is 1. The molecule has 0 saturated carbocycles. The summed E-state index contributed by atoms with van der Waals surface area (Å²) >= 11 is 0. The predicted octanol–water partition coefficient (Wildman–Crippen LogP) is 28.4. The van der Waals surface area contributed by atoms with Crippen molar-refractivity contribution in [3.05, 3.63) is 107 Å². The fourth-order valence-electron chi connectivity index (χ4n) is 11.7. The van der Waals surface area contributed by atoms with E-state index in [-0.39, 0.29) is 46.1 Å². The first-order valence-corrected chi connectivity index (χ1v) is 50.0. The van der Waals surface area contributed by atoms with Crippen LogP contribution in [0.1, 0.15) is 389 Å². The lowest BCUT2D eigenvalue weighted by Gasteiger charge is -2.38. The molecule has 0 radical (unpaired) electrons. The molecule has 2 unspecified atom stereocenters. The molecule has 708 valence electrons. The maximum absolute atomic E-state index is 12.5. The minimum atomic E-state index is -1.17. The van der Waals surface area contributed by atoms with Crippen LogP contribution in [0, 0.1) is 48.9 Å². The summed E-state index contributed by atoms with van der Waals surface area (Å²) in [6, 6.07) is 0. The van der Waals surface area contributed by atoms with Gasteiger partial charge in [0.05, 0.1) is 11.8 Å². The van der Waals surface area contributed by atoms with Crippen LogP contribution < -0.4 is 15.2 Å². The topological polar surface area (TPSA) is 258 Å². The Morgan fingerprint density at radius 1 is 0.480 bits per heavy atom. The number of hydrogen-bond donors (Lipinski definition) is 3. The number of Topliss-reactive ketones (excluding diaryl/α,β-unsaturated/α-hetero) is 1. The molecular weight excluding hydrogens is 1620 g/mol. The summed E-state index contributed by atoms with van der Waals surface area (Å²) in [5.74, 6) is 3.11. The highest BCUT2D eigenvalue weighted by Crippen LogP contribution is 2.51. The van der Waals surface area contributed by atoms with Crippen molar-refractivity contribution < 1.29 is 77.0 Å². The lowest BCUT2D eigenvalue weighted by molar-refractivity contribution is -0.156. The quantitative estimate of drug-likeness (QED) is 0.0106. The van der Waals surface area contributed by atoms with E-state index >= 15 is 0 Å². The van der Waals surface area contributed by atoms with E-state index < -0.39 is 34.5 Å². The Morgan fingerprint density at radius 3 is 1.28 bits per heavy atom.